The molecule has 33 heavy (non-hydrogen) atoms. The molecule has 0 saturated heterocycles. The number of carbonyl (C=O) groups is 3. The van der Waals surface area contributed by atoms with E-state index in [4.69, 9.17) is 9.47 Å². The predicted molar refractivity (Wildman–Crippen MR) is 127 cm³/mol. The number of anilines is 1. The largest absolute Gasteiger partial charge is 0.493 e. The van der Waals surface area contributed by atoms with Crippen molar-refractivity contribution in [1.29, 1.82) is 0 Å². The summed E-state index contributed by atoms with van der Waals surface area (Å²) in [5.41, 5.74) is 5.16. The molecule has 2 rings (SSSR count). The monoisotopic (exact) mass is 454 g/mol. The number of aryl methyl sites for hydroxylation is 1. The van der Waals surface area contributed by atoms with Gasteiger partial charge in [0.1, 0.15) is 0 Å². The summed E-state index contributed by atoms with van der Waals surface area (Å²) in [5, 5.41) is 9.12. The number of benzene rings is 2. The normalized spacial score (nSPS) is 10.8. The first-order valence-corrected chi connectivity index (χ1v) is 10.6. The minimum absolute atomic E-state index is 0.00763. The maximum Gasteiger partial charge on any atom is 0.329 e. The third-order valence-electron chi connectivity index (χ3n) is 4.77. The first-order chi connectivity index (χ1) is 15.9. The Balaban J connectivity index is 1.75. The fourth-order valence-electron chi connectivity index (χ4n) is 2.93. The third kappa shape index (κ3) is 8.29. The maximum absolute atomic E-state index is 12.1. The van der Waals surface area contributed by atoms with Crippen molar-refractivity contribution >= 4 is 29.1 Å². The number of hydrazone groups is 1. The van der Waals surface area contributed by atoms with Crippen LogP contribution in [-0.4, -0.2) is 44.2 Å². The van der Waals surface area contributed by atoms with Crippen LogP contribution in [0.15, 0.2) is 47.6 Å². The highest BCUT2D eigenvalue weighted by Gasteiger charge is 2.13. The van der Waals surface area contributed by atoms with Crippen LogP contribution in [0, 0.1) is 0 Å². The predicted octanol–water partition coefficient (Wildman–Crippen LogP) is 2.45. The minimum atomic E-state index is -0.914. The summed E-state index contributed by atoms with van der Waals surface area (Å²) in [6.07, 6.45) is 1.48. The summed E-state index contributed by atoms with van der Waals surface area (Å²) in [6, 6.07) is 12.8. The van der Waals surface area contributed by atoms with Crippen LogP contribution in [0.3, 0.4) is 0 Å². The van der Waals surface area contributed by atoms with Crippen LogP contribution in [0.1, 0.15) is 31.4 Å². The number of amides is 3. The van der Waals surface area contributed by atoms with Crippen molar-refractivity contribution in [1.82, 2.24) is 10.7 Å². The topological polar surface area (TPSA) is 118 Å². The first kappa shape index (κ1) is 25.4. The number of carbonyl (C=O) groups excluding carboxylic acids is 3. The Morgan fingerprint density at radius 2 is 1.58 bits per heavy atom. The van der Waals surface area contributed by atoms with Gasteiger partial charge in [-0.05, 0) is 55.2 Å². The van der Waals surface area contributed by atoms with Crippen molar-refractivity contribution in [2.45, 2.75) is 33.1 Å². The van der Waals surface area contributed by atoms with Crippen LogP contribution >= 0.6 is 0 Å². The van der Waals surface area contributed by atoms with Crippen molar-refractivity contribution in [2.75, 3.05) is 26.1 Å². The van der Waals surface area contributed by atoms with E-state index in [2.05, 4.69) is 21.2 Å². The van der Waals surface area contributed by atoms with Crippen LogP contribution in [0.4, 0.5) is 5.69 Å². The first-order valence-electron chi connectivity index (χ1n) is 10.6. The molecule has 2 aromatic rings. The van der Waals surface area contributed by atoms with Crippen LogP contribution in [0.2, 0.25) is 0 Å². The minimum Gasteiger partial charge on any atom is -0.493 e. The molecule has 3 N–H and O–H groups in total. The van der Waals surface area contributed by atoms with E-state index in [1.54, 1.807) is 33.3 Å². The van der Waals surface area contributed by atoms with Gasteiger partial charge in [0, 0.05) is 17.9 Å². The lowest BCUT2D eigenvalue weighted by Crippen LogP contribution is -2.33. The standard InChI is InChI=1S/C24H30N4O5/c1-5-17-6-9-19(10-7-17)26-23(30)24(31)28-27-16(2)14-22(29)25-13-12-18-8-11-20(32-3)21(15-18)33-4/h6-11,15H,5,12-14H2,1-4H3,(H,25,29)(H,26,30)(H,28,31)/b27-16-. The number of nitrogens with one attached hydrogen (secondary N) is 3. The van der Waals surface area contributed by atoms with Gasteiger partial charge in [-0.3, -0.25) is 14.4 Å². The highest BCUT2D eigenvalue weighted by atomic mass is 16.5. The van der Waals surface area contributed by atoms with Gasteiger partial charge >= 0.3 is 11.8 Å². The molecule has 0 aliphatic heterocycles. The molecule has 9 nitrogen and oxygen atoms in total. The Bertz CT molecular complexity index is 1000. The lowest BCUT2D eigenvalue weighted by molar-refractivity contribution is -0.136. The van der Waals surface area contributed by atoms with Gasteiger partial charge in [0.25, 0.3) is 0 Å². The van der Waals surface area contributed by atoms with E-state index in [0.29, 0.717) is 35.9 Å². The van der Waals surface area contributed by atoms with Gasteiger partial charge in [-0.25, -0.2) is 5.43 Å². The lowest BCUT2D eigenvalue weighted by atomic mass is 10.1. The van der Waals surface area contributed by atoms with Gasteiger partial charge in [0.05, 0.1) is 20.6 Å². The lowest BCUT2D eigenvalue weighted by Gasteiger charge is -2.10. The van der Waals surface area contributed by atoms with Crippen LogP contribution in [-0.2, 0) is 27.2 Å². The summed E-state index contributed by atoms with van der Waals surface area (Å²) in [4.78, 5) is 36.0. The van der Waals surface area contributed by atoms with E-state index < -0.39 is 11.8 Å². The van der Waals surface area contributed by atoms with Gasteiger partial charge in [0.2, 0.25) is 5.91 Å². The van der Waals surface area contributed by atoms with Crippen molar-refractivity contribution in [3.8, 4) is 11.5 Å². The fourth-order valence-corrected chi connectivity index (χ4v) is 2.93. The maximum atomic E-state index is 12.1. The molecule has 0 unspecified atom stereocenters. The van der Waals surface area contributed by atoms with Crippen molar-refractivity contribution < 1.29 is 23.9 Å². The molecule has 2 aromatic carbocycles. The van der Waals surface area contributed by atoms with Crippen molar-refractivity contribution in [2.24, 2.45) is 5.10 Å². The second-order valence-electron chi connectivity index (χ2n) is 7.26. The smallest absolute Gasteiger partial charge is 0.329 e. The zero-order chi connectivity index (χ0) is 24.2. The van der Waals surface area contributed by atoms with Crippen LogP contribution < -0.4 is 25.5 Å². The van der Waals surface area contributed by atoms with Gasteiger partial charge in [-0.1, -0.05) is 25.1 Å². The average Bonchev–Trinajstić information content (AvgIpc) is 2.82. The van der Waals surface area contributed by atoms with Gasteiger partial charge in [-0.15, -0.1) is 0 Å². The van der Waals surface area contributed by atoms with E-state index in [1.165, 1.54) is 0 Å². The van der Waals surface area contributed by atoms with Gasteiger partial charge in [0.15, 0.2) is 11.5 Å². The Morgan fingerprint density at radius 3 is 2.21 bits per heavy atom. The molecule has 3 amide bonds. The number of methoxy groups -OCH3 is 2. The van der Waals surface area contributed by atoms with Crippen molar-refractivity contribution in [3.05, 3.63) is 53.6 Å². The number of rotatable bonds is 10. The molecular formula is C24H30N4O5. The molecule has 0 atom stereocenters. The number of nitrogens with zero attached hydrogens (tertiary/aromatic N) is 1. The second kappa shape index (κ2) is 12.8. The molecule has 9 heteroatoms. The Morgan fingerprint density at radius 1 is 0.909 bits per heavy atom. The fraction of sp³-hybridized carbons (Fsp3) is 0.333. The van der Waals surface area contributed by atoms with E-state index in [0.717, 1.165) is 17.5 Å². The summed E-state index contributed by atoms with van der Waals surface area (Å²) >= 11 is 0. The Hall–Kier alpha value is -3.88. The molecule has 0 aliphatic rings. The molecule has 176 valence electrons. The quantitative estimate of drug-likeness (QED) is 0.290. The van der Waals surface area contributed by atoms with E-state index in [1.807, 2.05) is 37.3 Å². The SMILES string of the molecule is CCc1ccc(NC(=O)C(=O)N/N=C(/C)CC(=O)NCCc2ccc(OC)c(OC)c2)cc1. The van der Waals surface area contributed by atoms with Gasteiger partial charge in [-0.2, -0.15) is 5.10 Å². The molecule has 0 spiro atoms. The van der Waals surface area contributed by atoms with E-state index in [9.17, 15) is 14.4 Å². The van der Waals surface area contributed by atoms with Crippen LogP contribution in [0.5, 0.6) is 11.5 Å². The molecule has 0 aromatic heterocycles. The summed E-state index contributed by atoms with van der Waals surface area (Å²) in [5.74, 6) is -0.728. The molecule has 0 saturated carbocycles. The number of ether oxygens (including phenoxy) is 2. The zero-order valence-corrected chi connectivity index (χ0v) is 19.4. The molecular weight excluding hydrogens is 424 g/mol. The molecule has 0 bridgehead atoms. The number of hydrogen-bond donors (Lipinski definition) is 3. The van der Waals surface area contributed by atoms with Crippen molar-refractivity contribution in [3.63, 3.8) is 0 Å². The molecule has 0 fully saturated rings. The highest BCUT2D eigenvalue weighted by molar-refractivity contribution is 6.39. The summed E-state index contributed by atoms with van der Waals surface area (Å²) in [6.45, 7) is 4.04. The average molecular weight is 455 g/mol. The van der Waals surface area contributed by atoms with Gasteiger partial charge < -0.3 is 20.1 Å². The molecule has 0 heterocycles. The third-order valence-corrected chi connectivity index (χ3v) is 4.77. The zero-order valence-electron chi connectivity index (χ0n) is 19.4. The summed E-state index contributed by atoms with van der Waals surface area (Å²) < 4.78 is 10.5. The second-order valence-corrected chi connectivity index (χ2v) is 7.26. The Kier molecular flexibility index (Phi) is 9.88. The molecule has 0 radical (unpaired) electrons. The summed E-state index contributed by atoms with van der Waals surface area (Å²) in [7, 11) is 3.14. The highest BCUT2D eigenvalue weighted by Crippen LogP contribution is 2.27. The Labute approximate surface area is 193 Å². The van der Waals surface area contributed by atoms with Crippen LogP contribution in [0.25, 0.3) is 0 Å². The van der Waals surface area contributed by atoms with E-state index in [-0.39, 0.29) is 12.3 Å². The van der Waals surface area contributed by atoms with E-state index >= 15 is 0 Å². The molecule has 0 aliphatic carbocycles. The number of hydrogen-bond acceptors (Lipinski definition) is 6.